The largest absolute Gasteiger partial charge is 0.313 e. The molecule has 0 aromatic carbocycles. The Morgan fingerprint density at radius 2 is 1.95 bits per heavy atom. The predicted octanol–water partition coefficient (Wildman–Crippen LogP) is 3.52. The Hall–Kier alpha value is -0.0800. The van der Waals surface area contributed by atoms with Gasteiger partial charge in [-0.25, -0.2) is 0 Å². The second-order valence-electron chi connectivity index (χ2n) is 7.42. The molecule has 1 heterocycles. The average molecular weight is 266 g/mol. The fraction of sp³-hybridized carbons (Fsp3) is 1.00. The van der Waals surface area contributed by atoms with Gasteiger partial charge >= 0.3 is 0 Å². The standard InChI is InChI=1S/C17H34N2/c1-14(2)11-17-13-19(10-6-9-18-17)12-16-8-5-4-7-15(16)3/h14-18H,4-13H2,1-3H3. The monoisotopic (exact) mass is 266 g/mol. The molecule has 2 nitrogen and oxygen atoms in total. The van der Waals surface area contributed by atoms with E-state index in [-0.39, 0.29) is 0 Å². The van der Waals surface area contributed by atoms with Gasteiger partial charge in [0.25, 0.3) is 0 Å². The van der Waals surface area contributed by atoms with Crippen LogP contribution in [-0.2, 0) is 0 Å². The molecule has 1 aliphatic carbocycles. The molecule has 2 heteroatoms. The summed E-state index contributed by atoms with van der Waals surface area (Å²) in [5.41, 5.74) is 0. The molecule has 112 valence electrons. The maximum atomic E-state index is 3.75. The van der Waals surface area contributed by atoms with Crippen LogP contribution in [0.2, 0.25) is 0 Å². The molecular weight excluding hydrogens is 232 g/mol. The van der Waals surface area contributed by atoms with E-state index in [2.05, 4.69) is 31.0 Å². The Kier molecular flexibility index (Phi) is 6.15. The summed E-state index contributed by atoms with van der Waals surface area (Å²) >= 11 is 0. The SMILES string of the molecule is CC(C)CC1CN(CC2CCCCC2C)CCCN1. The first kappa shape index (κ1) is 15.3. The molecule has 2 aliphatic rings. The van der Waals surface area contributed by atoms with E-state index < -0.39 is 0 Å². The van der Waals surface area contributed by atoms with Crippen LogP contribution >= 0.6 is 0 Å². The number of hydrogen-bond donors (Lipinski definition) is 1. The minimum absolute atomic E-state index is 0.724. The Balaban J connectivity index is 1.83. The molecule has 0 spiro atoms. The average Bonchev–Trinajstić information content (AvgIpc) is 2.57. The normalized spacial score (nSPS) is 34.4. The lowest BCUT2D eigenvalue weighted by Gasteiger charge is -2.34. The highest BCUT2D eigenvalue weighted by atomic mass is 15.2. The first-order valence-electron chi connectivity index (χ1n) is 8.61. The van der Waals surface area contributed by atoms with E-state index in [0.717, 1.165) is 23.8 Å². The third kappa shape index (κ3) is 5.07. The minimum Gasteiger partial charge on any atom is -0.313 e. The third-order valence-corrected chi connectivity index (χ3v) is 5.10. The highest BCUT2D eigenvalue weighted by Crippen LogP contribution is 2.30. The van der Waals surface area contributed by atoms with Crippen LogP contribution < -0.4 is 5.32 Å². The minimum atomic E-state index is 0.724. The lowest BCUT2D eigenvalue weighted by molar-refractivity contribution is 0.155. The van der Waals surface area contributed by atoms with Gasteiger partial charge in [0.2, 0.25) is 0 Å². The number of hydrogen-bond acceptors (Lipinski definition) is 2. The maximum Gasteiger partial charge on any atom is 0.0197 e. The van der Waals surface area contributed by atoms with E-state index >= 15 is 0 Å². The molecule has 0 aromatic heterocycles. The Bertz CT molecular complexity index is 252. The van der Waals surface area contributed by atoms with Gasteiger partial charge < -0.3 is 10.2 Å². The summed E-state index contributed by atoms with van der Waals surface area (Å²) in [7, 11) is 0. The van der Waals surface area contributed by atoms with Gasteiger partial charge in [0, 0.05) is 19.1 Å². The van der Waals surface area contributed by atoms with Crippen LogP contribution in [0.25, 0.3) is 0 Å². The summed E-state index contributed by atoms with van der Waals surface area (Å²) in [6.45, 7) is 12.3. The van der Waals surface area contributed by atoms with Crippen molar-refractivity contribution in [2.75, 3.05) is 26.2 Å². The van der Waals surface area contributed by atoms with Crippen LogP contribution in [0.5, 0.6) is 0 Å². The van der Waals surface area contributed by atoms with Crippen molar-refractivity contribution in [1.82, 2.24) is 10.2 Å². The van der Waals surface area contributed by atoms with Crippen molar-refractivity contribution in [2.24, 2.45) is 17.8 Å². The van der Waals surface area contributed by atoms with E-state index in [0.29, 0.717) is 0 Å². The number of rotatable bonds is 4. The smallest absolute Gasteiger partial charge is 0.0197 e. The molecular formula is C17H34N2. The maximum absolute atomic E-state index is 3.75. The van der Waals surface area contributed by atoms with Gasteiger partial charge in [-0.3, -0.25) is 0 Å². The highest BCUT2D eigenvalue weighted by molar-refractivity contribution is 4.81. The Morgan fingerprint density at radius 3 is 2.68 bits per heavy atom. The quantitative estimate of drug-likeness (QED) is 0.837. The second-order valence-corrected chi connectivity index (χ2v) is 7.42. The molecule has 1 aliphatic heterocycles. The molecule has 0 radical (unpaired) electrons. The van der Waals surface area contributed by atoms with Crippen molar-refractivity contribution in [2.45, 2.75) is 65.3 Å². The Labute approximate surface area is 120 Å². The molecule has 1 saturated heterocycles. The molecule has 2 fully saturated rings. The molecule has 19 heavy (non-hydrogen) atoms. The van der Waals surface area contributed by atoms with Gasteiger partial charge in [0.05, 0.1) is 0 Å². The van der Waals surface area contributed by atoms with Gasteiger partial charge in [0.15, 0.2) is 0 Å². The summed E-state index contributed by atoms with van der Waals surface area (Å²) in [6.07, 6.45) is 8.53. The van der Waals surface area contributed by atoms with Gasteiger partial charge in [-0.1, -0.05) is 40.0 Å². The van der Waals surface area contributed by atoms with Gasteiger partial charge in [-0.2, -0.15) is 0 Å². The molecule has 1 saturated carbocycles. The highest BCUT2D eigenvalue weighted by Gasteiger charge is 2.25. The van der Waals surface area contributed by atoms with Crippen LogP contribution in [0, 0.1) is 17.8 Å². The topological polar surface area (TPSA) is 15.3 Å². The van der Waals surface area contributed by atoms with Crippen molar-refractivity contribution in [3.05, 3.63) is 0 Å². The molecule has 1 N–H and O–H groups in total. The molecule has 0 aromatic rings. The fourth-order valence-corrected chi connectivity index (χ4v) is 3.97. The number of nitrogens with zero attached hydrogens (tertiary/aromatic N) is 1. The van der Waals surface area contributed by atoms with Crippen LogP contribution in [0.3, 0.4) is 0 Å². The van der Waals surface area contributed by atoms with E-state index in [9.17, 15) is 0 Å². The van der Waals surface area contributed by atoms with Crippen molar-refractivity contribution < 1.29 is 0 Å². The Morgan fingerprint density at radius 1 is 1.16 bits per heavy atom. The summed E-state index contributed by atoms with van der Waals surface area (Å²) in [5.74, 6) is 2.73. The van der Waals surface area contributed by atoms with Crippen LogP contribution in [0.15, 0.2) is 0 Å². The predicted molar refractivity (Wildman–Crippen MR) is 83.4 cm³/mol. The zero-order chi connectivity index (χ0) is 13.7. The molecule has 2 rings (SSSR count). The van der Waals surface area contributed by atoms with Gasteiger partial charge in [-0.05, 0) is 50.1 Å². The molecule has 0 amide bonds. The van der Waals surface area contributed by atoms with Crippen LogP contribution in [0.1, 0.15) is 59.3 Å². The zero-order valence-corrected chi connectivity index (χ0v) is 13.3. The van der Waals surface area contributed by atoms with E-state index in [1.807, 2.05) is 0 Å². The van der Waals surface area contributed by atoms with Crippen LogP contribution in [0.4, 0.5) is 0 Å². The van der Waals surface area contributed by atoms with Crippen molar-refractivity contribution in [1.29, 1.82) is 0 Å². The second kappa shape index (κ2) is 7.64. The van der Waals surface area contributed by atoms with Crippen LogP contribution in [-0.4, -0.2) is 37.1 Å². The fourth-order valence-electron chi connectivity index (χ4n) is 3.97. The van der Waals surface area contributed by atoms with E-state index in [4.69, 9.17) is 0 Å². The zero-order valence-electron chi connectivity index (χ0n) is 13.3. The first-order chi connectivity index (χ1) is 9.15. The summed E-state index contributed by atoms with van der Waals surface area (Å²) in [4.78, 5) is 2.76. The summed E-state index contributed by atoms with van der Waals surface area (Å²) < 4.78 is 0. The lowest BCUT2D eigenvalue weighted by Crippen LogP contribution is -2.41. The third-order valence-electron chi connectivity index (χ3n) is 5.10. The van der Waals surface area contributed by atoms with Crippen molar-refractivity contribution in [3.63, 3.8) is 0 Å². The van der Waals surface area contributed by atoms with E-state index in [1.165, 1.54) is 64.7 Å². The summed E-state index contributed by atoms with van der Waals surface area (Å²) in [6, 6.07) is 0.724. The molecule has 0 bridgehead atoms. The first-order valence-corrected chi connectivity index (χ1v) is 8.61. The molecule has 3 unspecified atom stereocenters. The van der Waals surface area contributed by atoms with Crippen molar-refractivity contribution in [3.8, 4) is 0 Å². The van der Waals surface area contributed by atoms with Gasteiger partial charge in [-0.15, -0.1) is 0 Å². The lowest BCUT2D eigenvalue weighted by atomic mass is 9.80. The van der Waals surface area contributed by atoms with E-state index in [1.54, 1.807) is 0 Å². The summed E-state index contributed by atoms with van der Waals surface area (Å²) in [5, 5.41) is 3.75. The van der Waals surface area contributed by atoms with Gasteiger partial charge in [0.1, 0.15) is 0 Å². The van der Waals surface area contributed by atoms with Crippen molar-refractivity contribution >= 4 is 0 Å². The molecule has 3 atom stereocenters. The number of nitrogens with one attached hydrogen (secondary N) is 1.